The van der Waals surface area contributed by atoms with Crippen LogP contribution in [0.1, 0.15) is 0 Å². The Kier molecular flexibility index (Phi) is 5.95. The first-order chi connectivity index (χ1) is 15.3. The van der Waals surface area contributed by atoms with E-state index in [1.54, 1.807) is 25.6 Å². The molecule has 2 fully saturated rings. The van der Waals surface area contributed by atoms with E-state index in [0.717, 1.165) is 72.0 Å². The number of benzene rings is 1. The van der Waals surface area contributed by atoms with Gasteiger partial charge in [-0.3, -0.25) is 0 Å². The van der Waals surface area contributed by atoms with Gasteiger partial charge in [-0.25, -0.2) is 9.97 Å². The minimum Gasteiger partial charge on any atom is -0.494 e. The highest BCUT2D eigenvalue weighted by Crippen LogP contribution is 2.41. The second-order valence-electron chi connectivity index (χ2n) is 7.49. The number of fused-ring (bicyclic) bond motifs is 1. The van der Waals surface area contributed by atoms with Crippen molar-refractivity contribution < 1.29 is 18.9 Å². The van der Waals surface area contributed by atoms with Crippen LogP contribution < -0.4 is 14.5 Å². The molecule has 0 N–H and O–H groups in total. The molecular formula is C21H27N5O4S. The van der Waals surface area contributed by atoms with Crippen LogP contribution in [-0.2, 0) is 20.9 Å². The fourth-order valence-corrected chi connectivity index (χ4v) is 5.17. The van der Waals surface area contributed by atoms with E-state index in [0.29, 0.717) is 19.9 Å². The summed E-state index contributed by atoms with van der Waals surface area (Å²) in [7, 11) is 3.38. The standard InChI is InChI=1S/C21H27N5O4S/c1-27-14-26-13-17(25-7-11-30-12-8-25)22-20(26)21-23-18-16(28-2)4-3-15(19(18)31-21)24-5-9-29-10-6-24/h3-4,13H,5-12,14H2,1-2H3. The van der Waals surface area contributed by atoms with Gasteiger partial charge in [-0.2, -0.15) is 0 Å². The number of hydrogen-bond acceptors (Lipinski definition) is 9. The van der Waals surface area contributed by atoms with Crippen LogP contribution in [0.25, 0.3) is 21.0 Å². The third-order valence-corrected chi connectivity index (χ3v) is 6.69. The Bertz CT molecular complexity index is 1040. The highest BCUT2D eigenvalue weighted by atomic mass is 32.1. The van der Waals surface area contributed by atoms with Gasteiger partial charge in [0, 0.05) is 33.3 Å². The van der Waals surface area contributed by atoms with Crippen molar-refractivity contribution >= 4 is 33.1 Å². The molecule has 4 heterocycles. The first kappa shape index (κ1) is 20.5. The van der Waals surface area contributed by atoms with Crippen molar-refractivity contribution in [1.29, 1.82) is 0 Å². The lowest BCUT2D eigenvalue weighted by Crippen LogP contribution is -2.36. The maximum atomic E-state index is 5.62. The van der Waals surface area contributed by atoms with Crippen molar-refractivity contribution in [2.24, 2.45) is 0 Å². The van der Waals surface area contributed by atoms with Crippen molar-refractivity contribution in [1.82, 2.24) is 14.5 Å². The molecule has 2 aliphatic rings. The first-order valence-corrected chi connectivity index (χ1v) is 11.3. The van der Waals surface area contributed by atoms with Gasteiger partial charge in [0.1, 0.15) is 23.8 Å². The number of ether oxygens (including phenoxy) is 4. The zero-order valence-corrected chi connectivity index (χ0v) is 18.7. The fourth-order valence-electron chi connectivity index (χ4n) is 4.04. The molecule has 0 aliphatic carbocycles. The molecular weight excluding hydrogens is 418 g/mol. The quantitative estimate of drug-likeness (QED) is 0.573. The van der Waals surface area contributed by atoms with Gasteiger partial charge in [-0.15, -0.1) is 11.3 Å². The Labute approximate surface area is 185 Å². The molecule has 10 heteroatoms. The number of aromatic nitrogens is 3. The third kappa shape index (κ3) is 3.96. The van der Waals surface area contributed by atoms with Crippen LogP contribution in [0, 0.1) is 0 Å². The summed E-state index contributed by atoms with van der Waals surface area (Å²) < 4.78 is 25.2. The number of rotatable bonds is 6. The summed E-state index contributed by atoms with van der Waals surface area (Å²) in [5.41, 5.74) is 2.03. The monoisotopic (exact) mass is 445 g/mol. The molecule has 2 aliphatic heterocycles. The van der Waals surface area contributed by atoms with Crippen LogP contribution in [0.4, 0.5) is 11.5 Å². The van der Waals surface area contributed by atoms with Gasteiger partial charge in [0.25, 0.3) is 0 Å². The topological polar surface area (TPSA) is 74.1 Å². The summed E-state index contributed by atoms with van der Waals surface area (Å²) in [6.07, 6.45) is 2.04. The minimum absolute atomic E-state index is 0.413. The van der Waals surface area contributed by atoms with Crippen molar-refractivity contribution in [2.75, 3.05) is 76.6 Å². The molecule has 0 saturated carbocycles. The predicted molar refractivity (Wildman–Crippen MR) is 120 cm³/mol. The minimum atomic E-state index is 0.413. The maximum absolute atomic E-state index is 5.62. The summed E-state index contributed by atoms with van der Waals surface area (Å²) in [6, 6.07) is 4.12. The Balaban J connectivity index is 1.58. The predicted octanol–water partition coefficient (Wildman–Crippen LogP) is 2.45. The van der Waals surface area contributed by atoms with Crippen molar-refractivity contribution in [3.05, 3.63) is 18.3 Å². The fraction of sp³-hybridized carbons (Fsp3) is 0.524. The molecule has 31 heavy (non-hydrogen) atoms. The molecule has 2 saturated heterocycles. The van der Waals surface area contributed by atoms with E-state index in [1.165, 1.54) is 5.69 Å². The number of anilines is 2. The summed E-state index contributed by atoms with van der Waals surface area (Å²) in [4.78, 5) is 14.5. The van der Waals surface area contributed by atoms with E-state index in [9.17, 15) is 0 Å². The highest BCUT2D eigenvalue weighted by molar-refractivity contribution is 7.22. The Morgan fingerprint density at radius 1 is 0.968 bits per heavy atom. The van der Waals surface area contributed by atoms with E-state index in [4.69, 9.17) is 28.9 Å². The molecule has 9 nitrogen and oxygen atoms in total. The zero-order valence-electron chi connectivity index (χ0n) is 17.9. The van der Waals surface area contributed by atoms with Gasteiger partial charge in [-0.1, -0.05) is 0 Å². The van der Waals surface area contributed by atoms with Crippen molar-refractivity contribution in [3.8, 4) is 16.6 Å². The third-order valence-electron chi connectivity index (χ3n) is 5.62. The van der Waals surface area contributed by atoms with E-state index in [-0.39, 0.29) is 0 Å². The van der Waals surface area contributed by atoms with Crippen LogP contribution >= 0.6 is 11.3 Å². The number of hydrogen-bond donors (Lipinski definition) is 0. The molecule has 3 aromatic rings. The van der Waals surface area contributed by atoms with E-state index in [2.05, 4.69) is 15.9 Å². The average Bonchev–Trinajstić information content (AvgIpc) is 3.44. The second kappa shape index (κ2) is 8.99. The van der Waals surface area contributed by atoms with Gasteiger partial charge in [-0.05, 0) is 12.1 Å². The Morgan fingerprint density at radius 3 is 2.35 bits per heavy atom. The molecule has 0 bridgehead atoms. The van der Waals surface area contributed by atoms with Crippen LogP contribution in [0.15, 0.2) is 18.3 Å². The number of morpholine rings is 2. The SMILES string of the molecule is COCn1cc(N2CCOCC2)nc1-c1nc2c(OC)ccc(N3CCOCC3)c2s1. The van der Waals surface area contributed by atoms with Crippen molar-refractivity contribution in [3.63, 3.8) is 0 Å². The number of imidazole rings is 1. The van der Waals surface area contributed by atoms with Gasteiger partial charge >= 0.3 is 0 Å². The molecule has 5 rings (SSSR count). The maximum Gasteiger partial charge on any atom is 0.173 e. The zero-order chi connectivity index (χ0) is 21.2. The second-order valence-corrected chi connectivity index (χ2v) is 8.49. The van der Waals surface area contributed by atoms with Crippen LogP contribution in [0.5, 0.6) is 5.75 Å². The van der Waals surface area contributed by atoms with E-state index >= 15 is 0 Å². The lowest BCUT2D eigenvalue weighted by molar-refractivity contribution is 0.122. The molecule has 0 atom stereocenters. The van der Waals surface area contributed by atoms with Crippen LogP contribution in [-0.4, -0.2) is 81.4 Å². The van der Waals surface area contributed by atoms with E-state index < -0.39 is 0 Å². The molecule has 1 aromatic carbocycles. The Morgan fingerprint density at radius 2 is 1.68 bits per heavy atom. The lowest BCUT2D eigenvalue weighted by atomic mass is 10.2. The molecule has 0 amide bonds. The van der Waals surface area contributed by atoms with Gasteiger partial charge < -0.3 is 33.3 Å². The van der Waals surface area contributed by atoms with Gasteiger partial charge in [0.05, 0.1) is 50.1 Å². The summed E-state index contributed by atoms with van der Waals surface area (Å²) >= 11 is 1.64. The largest absolute Gasteiger partial charge is 0.494 e. The number of thiazole rings is 1. The van der Waals surface area contributed by atoms with E-state index in [1.807, 2.05) is 16.8 Å². The number of methoxy groups -OCH3 is 2. The van der Waals surface area contributed by atoms with Gasteiger partial charge in [0.15, 0.2) is 10.8 Å². The molecule has 0 unspecified atom stereocenters. The smallest absolute Gasteiger partial charge is 0.173 e. The average molecular weight is 446 g/mol. The molecule has 0 spiro atoms. The highest BCUT2D eigenvalue weighted by Gasteiger charge is 2.23. The summed E-state index contributed by atoms with van der Waals surface area (Å²) in [5.74, 6) is 2.50. The molecule has 166 valence electrons. The summed E-state index contributed by atoms with van der Waals surface area (Å²) in [6.45, 7) is 6.72. The van der Waals surface area contributed by atoms with Crippen LogP contribution in [0.2, 0.25) is 0 Å². The van der Waals surface area contributed by atoms with Gasteiger partial charge in [0.2, 0.25) is 0 Å². The Hall–Kier alpha value is -2.40. The van der Waals surface area contributed by atoms with Crippen LogP contribution in [0.3, 0.4) is 0 Å². The molecule has 2 aromatic heterocycles. The van der Waals surface area contributed by atoms with Crippen molar-refractivity contribution in [2.45, 2.75) is 6.73 Å². The lowest BCUT2D eigenvalue weighted by Gasteiger charge is -2.29. The normalized spacial score (nSPS) is 17.5. The first-order valence-electron chi connectivity index (χ1n) is 10.5. The molecule has 0 radical (unpaired) electrons. The number of nitrogens with zero attached hydrogens (tertiary/aromatic N) is 5. The summed E-state index contributed by atoms with van der Waals surface area (Å²) in [5, 5.41) is 0.852.